The van der Waals surface area contributed by atoms with Gasteiger partial charge in [0.05, 0.1) is 17.5 Å². The van der Waals surface area contributed by atoms with Crippen molar-refractivity contribution in [1.29, 1.82) is 0 Å². The third kappa shape index (κ3) is 2.14. The lowest BCUT2D eigenvalue weighted by Crippen LogP contribution is -2.10. The van der Waals surface area contributed by atoms with Gasteiger partial charge in [0.1, 0.15) is 11.5 Å². The fourth-order valence-corrected chi connectivity index (χ4v) is 2.56. The summed E-state index contributed by atoms with van der Waals surface area (Å²) >= 11 is 5.96. The first-order chi connectivity index (χ1) is 10.7. The minimum absolute atomic E-state index is 0.246. The Balaban J connectivity index is 1.82. The molecule has 0 unspecified atom stereocenters. The topological polar surface area (TPSA) is 51.5 Å². The maximum atomic E-state index is 12.4. The lowest BCUT2D eigenvalue weighted by atomic mass is 10.1. The van der Waals surface area contributed by atoms with E-state index >= 15 is 0 Å². The number of amides is 1. The molecule has 0 saturated carbocycles. The van der Waals surface area contributed by atoms with Gasteiger partial charge in [0.2, 0.25) is 0 Å². The van der Waals surface area contributed by atoms with E-state index in [0.717, 1.165) is 5.56 Å². The van der Waals surface area contributed by atoms with Gasteiger partial charge in [-0.2, -0.15) is 0 Å². The van der Waals surface area contributed by atoms with Crippen LogP contribution in [0, 0.1) is 0 Å². The van der Waals surface area contributed by atoms with E-state index in [0.29, 0.717) is 33.5 Å². The zero-order valence-corrected chi connectivity index (χ0v) is 12.1. The van der Waals surface area contributed by atoms with Crippen molar-refractivity contribution in [2.75, 3.05) is 5.32 Å². The molecule has 1 aliphatic rings. The first-order valence-electron chi connectivity index (χ1n) is 6.67. The Hall–Kier alpha value is -2.72. The average molecular weight is 312 g/mol. The average Bonchev–Trinajstić information content (AvgIpc) is 3.00. The summed E-state index contributed by atoms with van der Waals surface area (Å²) in [6, 6.07) is 14.1. The molecular formula is C17H10ClNO3. The van der Waals surface area contributed by atoms with Crippen molar-refractivity contribution in [3.8, 4) is 22.8 Å². The van der Waals surface area contributed by atoms with Crippen LogP contribution in [0.3, 0.4) is 0 Å². The van der Waals surface area contributed by atoms with Gasteiger partial charge in [-0.25, -0.2) is 0 Å². The molecule has 0 spiro atoms. The quantitative estimate of drug-likeness (QED) is 0.691. The molecule has 0 saturated heterocycles. The van der Waals surface area contributed by atoms with Crippen LogP contribution in [0.2, 0.25) is 5.02 Å². The van der Waals surface area contributed by atoms with Crippen molar-refractivity contribution in [3.63, 3.8) is 0 Å². The third-order valence-corrected chi connectivity index (χ3v) is 3.67. The van der Waals surface area contributed by atoms with E-state index < -0.39 is 0 Å². The molecule has 3 aromatic rings. The van der Waals surface area contributed by atoms with Crippen LogP contribution in [0.25, 0.3) is 11.3 Å². The van der Waals surface area contributed by atoms with Crippen molar-refractivity contribution < 1.29 is 13.9 Å². The Bertz CT molecular complexity index is 872. The molecule has 2 heterocycles. The molecule has 22 heavy (non-hydrogen) atoms. The number of ether oxygens (including phenoxy) is 1. The van der Waals surface area contributed by atoms with Crippen LogP contribution in [-0.2, 0) is 0 Å². The number of anilines is 1. The van der Waals surface area contributed by atoms with Gasteiger partial charge in [0, 0.05) is 10.6 Å². The van der Waals surface area contributed by atoms with E-state index in [1.807, 2.05) is 12.1 Å². The molecular weight excluding hydrogens is 302 g/mol. The minimum Gasteiger partial charge on any atom is -0.464 e. The Labute approximate surface area is 131 Å². The second-order valence-electron chi connectivity index (χ2n) is 4.88. The van der Waals surface area contributed by atoms with E-state index in [1.54, 1.807) is 42.7 Å². The standard InChI is InChI=1S/C17H10ClNO3/c18-11-4-6-16-13(9-11)19-17(20)12-8-10(3-5-15(12)22-16)14-2-1-7-21-14/h1-9H,(H,19,20). The second-order valence-corrected chi connectivity index (χ2v) is 5.32. The smallest absolute Gasteiger partial charge is 0.259 e. The molecule has 5 heteroatoms. The number of carbonyl (C=O) groups is 1. The van der Waals surface area contributed by atoms with Gasteiger partial charge in [-0.15, -0.1) is 0 Å². The molecule has 0 fully saturated rings. The van der Waals surface area contributed by atoms with Gasteiger partial charge in [-0.1, -0.05) is 11.6 Å². The van der Waals surface area contributed by atoms with Gasteiger partial charge in [-0.3, -0.25) is 4.79 Å². The number of rotatable bonds is 1. The molecule has 1 aromatic heterocycles. The van der Waals surface area contributed by atoms with Crippen molar-refractivity contribution >= 4 is 23.2 Å². The van der Waals surface area contributed by atoms with Crippen molar-refractivity contribution in [1.82, 2.24) is 0 Å². The van der Waals surface area contributed by atoms with Crippen LogP contribution in [0.5, 0.6) is 11.5 Å². The fourth-order valence-electron chi connectivity index (χ4n) is 2.39. The Morgan fingerprint density at radius 1 is 1.00 bits per heavy atom. The Kier molecular flexibility index (Phi) is 2.91. The summed E-state index contributed by atoms with van der Waals surface area (Å²) in [7, 11) is 0. The van der Waals surface area contributed by atoms with E-state index in [4.69, 9.17) is 20.8 Å². The predicted octanol–water partition coefficient (Wildman–Crippen LogP) is 4.96. The van der Waals surface area contributed by atoms with E-state index in [1.165, 1.54) is 0 Å². The summed E-state index contributed by atoms with van der Waals surface area (Å²) in [5.74, 6) is 1.50. The molecule has 1 aliphatic heterocycles. The van der Waals surface area contributed by atoms with E-state index in [2.05, 4.69) is 5.32 Å². The number of fused-ring (bicyclic) bond motifs is 2. The molecule has 4 rings (SSSR count). The van der Waals surface area contributed by atoms with Crippen LogP contribution < -0.4 is 10.1 Å². The Morgan fingerprint density at radius 2 is 1.86 bits per heavy atom. The van der Waals surface area contributed by atoms with Gasteiger partial charge < -0.3 is 14.5 Å². The highest BCUT2D eigenvalue weighted by molar-refractivity contribution is 6.31. The van der Waals surface area contributed by atoms with Gasteiger partial charge in [-0.05, 0) is 48.5 Å². The van der Waals surface area contributed by atoms with Gasteiger partial charge in [0.15, 0.2) is 5.75 Å². The van der Waals surface area contributed by atoms with Crippen molar-refractivity contribution in [3.05, 3.63) is 65.4 Å². The van der Waals surface area contributed by atoms with Crippen molar-refractivity contribution in [2.45, 2.75) is 0 Å². The zero-order valence-electron chi connectivity index (χ0n) is 11.3. The number of hydrogen-bond acceptors (Lipinski definition) is 3. The summed E-state index contributed by atoms with van der Waals surface area (Å²) < 4.78 is 11.2. The van der Waals surface area contributed by atoms with Gasteiger partial charge >= 0.3 is 0 Å². The summed E-state index contributed by atoms with van der Waals surface area (Å²) in [4.78, 5) is 12.4. The van der Waals surface area contributed by atoms with Crippen molar-refractivity contribution in [2.24, 2.45) is 0 Å². The Morgan fingerprint density at radius 3 is 2.68 bits per heavy atom. The van der Waals surface area contributed by atoms with E-state index in [-0.39, 0.29) is 5.91 Å². The van der Waals surface area contributed by atoms with Crippen LogP contribution >= 0.6 is 11.6 Å². The highest BCUT2D eigenvalue weighted by atomic mass is 35.5. The number of hydrogen-bond donors (Lipinski definition) is 1. The number of furan rings is 1. The normalized spacial score (nSPS) is 12.7. The third-order valence-electron chi connectivity index (χ3n) is 3.44. The summed E-state index contributed by atoms with van der Waals surface area (Å²) in [6.45, 7) is 0. The molecule has 1 N–H and O–H groups in total. The van der Waals surface area contributed by atoms with Crippen LogP contribution in [-0.4, -0.2) is 5.91 Å². The highest BCUT2D eigenvalue weighted by Crippen LogP contribution is 2.38. The lowest BCUT2D eigenvalue weighted by molar-refractivity contribution is 0.102. The summed E-state index contributed by atoms with van der Waals surface area (Å²) in [5.41, 5.74) is 1.81. The first kappa shape index (κ1) is 13.0. The SMILES string of the molecule is O=C1Nc2cc(Cl)ccc2Oc2ccc(-c3ccco3)cc21. The maximum absolute atomic E-state index is 12.4. The second kappa shape index (κ2) is 4.93. The van der Waals surface area contributed by atoms with Gasteiger partial charge in [0.25, 0.3) is 5.91 Å². The summed E-state index contributed by atoms with van der Waals surface area (Å²) in [6.07, 6.45) is 1.59. The first-order valence-corrected chi connectivity index (χ1v) is 7.05. The number of halogens is 1. The number of nitrogens with one attached hydrogen (secondary N) is 1. The molecule has 2 aromatic carbocycles. The molecule has 108 valence electrons. The predicted molar refractivity (Wildman–Crippen MR) is 83.6 cm³/mol. The summed E-state index contributed by atoms with van der Waals surface area (Å²) in [5, 5.41) is 3.35. The molecule has 0 aliphatic carbocycles. The molecule has 1 amide bonds. The largest absolute Gasteiger partial charge is 0.464 e. The van der Waals surface area contributed by atoms with Crippen LogP contribution in [0.1, 0.15) is 10.4 Å². The lowest BCUT2D eigenvalue weighted by Gasteiger charge is -2.08. The van der Waals surface area contributed by atoms with E-state index in [9.17, 15) is 4.79 Å². The zero-order chi connectivity index (χ0) is 15.1. The molecule has 0 atom stereocenters. The molecule has 0 radical (unpaired) electrons. The molecule has 4 nitrogen and oxygen atoms in total. The van der Waals surface area contributed by atoms with Crippen LogP contribution in [0.4, 0.5) is 5.69 Å². The van der Waals surface area contributed by atoms with Crippen LogP contribution in [0.15, 0.2) is 59.2 Å². The number of carbonyl (C=O) groups excluding carboxylic acids is 1. The highest BCUT2D eigenvalue weighted by Gasteiger charge is 2.22. The number of benzene rings is 2. The maximum Gasteiger partial charge on any atom is 0.259 e. The molecule has 0 bridgehead atoms. The fraction of sp³-hybridized carbons (Fsp3) is 0. The minimum atomic E-state index is -0.246. The monoisotopic (exact) mass is 311 g/mol.